The highest BCUT2D eigenvalue weighted by Gasteiger charge is 2.28. The van der Waals surface area contributed by atoms with Crippen molar-refractivity contribution < 1.29 is 9.84 Å². The quantitative estimate of drug-likeness (QED) is 0.829. The van der Waals surface area contributed by atoms with Gasteiger partial charge in [0.1, 0.15) is 18.5 Å². The lowest BCUT2D eigenvalue weighted by Gasteiger charge is -2.27. The van der Waals surface area contributed by atoms with Gasteiger partial charge in [-0.3, -0.25) is 0 Å². The Morgan fingerprint density at radius 1 is 1.37 bits per heavy atom. The molecule has 2 rings (SSSR count). The van der Waals surface area contributed by atoms with E-state index in [2.05, 4.69) is 12.2 Å². The summed E-state index contributed by atoms with van der Waals surface area (Å²) in [6.07, 6.45) is 4.54. The van der Waals surface area contributed by atoms with Crippen molar-refractivity contribution in [1.82, 2.24) is 5.32 Å². The third-order valence-corrected chi connectivity index (χ3v) is 3.90. The molecule has 19 heavy (non-hydrogen) atoms. The van der Waals surface area contributed by atoms with Crippen LogP contribution < -0.4 is 10.1 Å². The number of aliphatic hydroxyl groups is 1. The average molecular weight is 263 g/mol. The number of aliphatic hydroxyl groups excluding tert-OH is 1. The first-order valence-electron chi connectivity index (χ1n) is 7.20. The molecule has 0 aliphatic heterocycles. The third-order valence-electron chi connectivity index (χ3n) is 3.90. The minimum atomic E-state index is -0.460. The van der Waals surface area contributed by atoms with Gasteiger partial charge in [0.2, 0.25) is 0 Å². The first-order valence-corrected chi connectivity index (χ1v) is 7.20. The van der Waals surface area contributed by atoms with Crippen molar-refractivity contribution in [2.24, 2.45) is 0 Å². The number of rotatable bonds is 6. The number of ether oxygens (including phenoxy) is 1. The van der Waals surface area contributed by atoms with Gasteiger partial charge in [0.15, 0.2) is 0 Å². The van der Waals surface area contributed by atoms with Gasteiger partial charge in [-0.1, -0.05) is 25.0 Å². The summed E-state index contributed by atoms with van der Waals surface area (Å²) in [6.45, 7) is 5.22. The highest BCUT2D eigenvalue weighted by atomic mass is 16.5. The fraction of sp³-hybridized carbons (Fsp3) is 0.625. The normalized spacial score (nSPS) is 19.3. The van der Waals surface area contributed by atoms with Crippen LogP contribution in [0.5, 0.6) is 5.75 Å². The lowest BCUT2D eigenvalue weighted by Crippen LogP contribution is -2.44. The van der Waals surface area contributed by atoms with Crippen LogP contribution in [-0.4, -0.2) is 29.9 Å². The maximum Gasteiger partial charge on any atom is 0.119 e. The second-order valence-electron chi connectivity index (χ2n) is 5.93. The standard InChI is InChI=1S/C16H25NO2/c1-13-6-5-7-15(10-13)19-12-14(18)11-17-16(2)8-3-4-9-16/h5-7,10,14,17-18H,3-4,8-9,11-12H2,1-2H3. The fourth-order valence-corrected chi connectivity index (χ4v) is 2.65. The summed E-state index contributed by atoms with van der Waals surface area (Å²) in [4.78, 5) is 0. The van der Waals surface area contributed by atoms with E-state index in [1.165, 1.54) is 31.2 Å². The molecule has 0 radical (unpaired) electrons. The maximum atomic E-state index is 9.97. The Morgan fingerprint density at radius 3 is 2.79 bits per heavy atom. The second kappa shape index (κ2) is 6.40. The molecule has 1 saturated carbocycles. The molecule has 1 aromatic carbocycles. The average Bonchev–Trinajstić information content (AvgIpc) is 2.82. The Labute approximate surface area is 116 Å². The van der Waals surface area contributed by atoms with E-state index >= 15 is 0 Å². The fourth-order valence-electron chi connectivity index (χ4n) is 2.65. The molecule has 1 aromatic rings. The zero-order valence-electron chi connectivity index (χ0n) is 12.0. The number of aryl methyl sites for hydroxylation is 1. The SMILES string of the molecule is Cc1cccc(OCC(O)CNC2(C)CCCC2)c1. The molecule has 3 heteroatoms. The van der Waals surface area contributed by atoms with Gasteiger partial charge in [0.05, 0.1) is 0 Å². The summed E-state index contributed by atoms with van der Waals surface area (Å²) in [5, 5.41) is 13.4. The molecule has 0 aromatic heterocycles. The summed E-state index contributed by atoms with van der Waals surface area (Å²) in [6, 6.07) is 7.91. The van der Waals surface area contributed by atoms with Crippen molar-refractivity contribution in [3.05, 3.63) is 29.8 Å². The van der Waals surface area contributed by atoms with E-state index in [9.17, 15) is 5.11 Å². The largest absolute Gasteiger partial charge is 0.491 e. The zero-order chi connectivity index (χ0) is 13.7. The number of nitrogens with one attached hydrogen (secondary N) is 1. The topological polar surface area (TPSA) is 41.5 Å². The molecule has 1 aliphatic rings. The van der Waals surface area contributed by atoms with Crippen LogP contribution in [0.15, 0.2) is 24.3 Å². The Hall–Kier alpha value is -1.06. The molecular formula is C16H25NO2. The van der Waals surface area contributed by atoms with Crippen LogP contribution in [0.3, 0.4) is 0 Å². The van der Waals surface area contributed by atoms with E-state index in [0.717, 1.165) is 5.75 Å². The van der Waals surface area contributed by atoms with Crippen molar-refractivity contribution in [2.75, 3.05) is 13.2 Å². The van der Waals surface area contributed by atoms with Crippen molar-refractivity contribution in [3.63, 3.8) is 0 Å². The van der Waals surface area contributed by atoms with Gasteiger partial charge >= 0.3 is 0 Å². The van der Waals surface area contributed by atoms with Crippen molar-refractivity contribution in [2.45, 2.75) is 51.2 Å². The van der Waals surface area contributed by atoms with E-state index in [-0.39, 0.29) is 5.54 Å². The molecule has 0 amide bonds. The van der Waals surface area contributed by atoms with Gasteiger partial charge < -0.3 is 15.2 Å². The van der Waals surface area contributed by atoms with Crippen LogP contribution in [-0.2, 0) is 0 Å². The third kappa shape index (κ3) is 4.51. The van der Waals surface area contributed by atoms with Crippen molar-refractivity contribution >= 4 is 0 Å². The minimum Gasteiger partial charge on any atom is -0.491 e. The second-order valence-corrected chi connectivity index (χ2v) is 5.93. The lowest BCUT2D eigenvalue weighted by molar-refractivity contribution is 0.0979. The van der Waals surface area contributed by atoms with E-state index in [1.54, 1.807) is 0 Å². The van der Waals surface area contributed by atoms with E-state index in [1.807, 2.05) is 31.2 Å². The monoisotopic (exact) mass is 263 g/mol. The van der Waals surface area contributed by atoms with Crippen molar-refractivity contribution in [1.29, 1.82) is 0 Å². The molecule has 3 nitrogen and oxygen atoms in total. The van der Waals surface area contributed by atoms with Gasteiger partial charge in [0.25, 0.3) is 0 Å². The molecule has 1 aliphatic carbocycles. The van der Waals surface area contributed by atoms with Crippen LogP contribution in [0.25, 0.3) is 0 Å². The highest BCUT2D eigenvalue weighted by Crippen LogP contribution is 2.28. The summed E-state index contributed by atoms with van der Waals surface area (Å²) in [7, 11) is 0. The van der Waals surface area contributed by atoms with Crippen molar-refractivity contribution in [3.8, 4) is 5.75 Å². The molecule has 1 unspecified atom stereocenters. The Kier molecular flexibility index (Phi) is 4.83. The smallest absolute Gasteiger partial charge is 0.119 e. The number of benzene rings is 1. The summed E-state index contributed by atoms with van der Waals surface area (Å²) < 4.78 is 5.61. The number of hydrogen-bond donors (Lipinski definition) is 2. The van der Waals surface area contributed by atoms with Crippen LogP contribution in [0.1, 0.15) is 38.2 Å². The molecular weight excluding hydrogens is 238 g/mol. The van der Waals surface area contributed by atoms with Crippen LogP contribution in [0, 0.1) is 6.92 Å². The molecule has 1 atom stereocenters. The van der Waals surface area contributed by atoms with Gasteiger partial charge in [0, 0.05) is 12.1 Å². The summed E-state index contributed by atoms with van der Waals surface area (Å²) >= 11 is 0. The first-order chi connectivity index (χ1) is 9.07. The first kappa shape index (κ1) is 14.4. The molecule has 0 heterocycles. The Bertz CT molecular complexity index is 399. The summed E-state index contributed by atoms with van der Waals surface area (Å²) in [5.41, 5.74) is 1.38. The minimum absolute atomic E-state index is 0.213. The summed E-state index contributed by atoms with van der Waals surface area (Å²) in [5.74, 6) is 0.825. The van der Waals surface area contributed by atoms with Gasteiger partial charge in [-0.05, 0) is 44.4 Å². The van der Waals surface area contributed by atoms with Crippen LogP contribution in [0.4, 0.5) is 0 Å². The number of β-amino-alcohol motifs (C(OH)–C–C–N with tert-alkyl or cyclic N) is 1. The van der Waals surface area contributed by atoms with Gasteiger partial charge in [-0.2, -0.15) is 0 Å². The van der Waals surface area contributed by atoms with Gasteiger partial charge in [-0.25, -0.2) is 0 Å². The van der Waals surface area contributed by atoms with Crippen LogP contribution in [0.2, 0.25) is 0 Å². The zero-order valence-corrected chi connectivity index (χ0v) is 12.0. The lowest BCUT2D eigenvalue weighted by atomic mass is 10.0. The molecule has 0 saturated heterocycles. The van der Waals surface area contributed by atoms with E-state index in [4.69, 9.17) is 4.74 Å². The van der Waals surface area contributed by atoms with Gasteiger partial charge in [-0.15, -0.1) is 0 Å². The maximum absolute atomic E-state index is 9.97. The predicted molar refractivity (Wildman–Crippen MR) is 77.6 cm³/mol. The predicted octanol–water partition coefficient (Wildman–Crippen LogP) is 2.66. The Balaban J connectivity index is 1.71. The molecule has 1 fully saturated rings. The van der Waals surface area contributed by atoms with E-state index in [0.29, 0.717) is 13.2 Å². The molecule has 2 N–H and O–H groups in total. The number of hydrogen-bond acceptors (Lipinski definition) is 3. The van der Waals surface area contributed by atoms with E-state index < -0.39 is 6.10 Å². The van der Waals surface area contributed by atoms with Crippen LogP contribution >= 0.6 is 0 Å². The molecule has 0 bridgehead atoms. The molecule has 106 valence electrons. The highest BCUT2D eigenvalue weighted by molar-refractivity contribution is 5.27. The molecule has 0 spiro atoms. The Morgan fingerprint density at radius 2 is 2.11 bits per heavy atom.